The summed E-state index contributed by atoms with van der Waals surface area (Å²) in [5, 5.41) is 16.3. The Morgan fingerprint density at radius 3 is 2.25 bits per heavy atom. The number of carbonyl (C=O) groups excluding carboxylic acids is 2. The minimum Gasteiger partial charge on any atom is -0.481 e. The van der Waals surface area contributed by atoms with Crippen LogP contribution in [-0.4, -0.2) is 60.4 Å². The highest BCUT2D eigenvalue weighted by atomic mass is 16.6. The highest BCUT2D eigenvalue weighted by Gasteiger charge is 1.97. The van der Waals surface area contributed by atoms with Crippen molar-refractivity contribution in [2.45, 2.75) is 19.3 Å². The summed E-state index contributed by atoms with van der Waals surface area (Å²) in [4.78, 5) is 32.2. The summed E-state index contributed by atoms with van der Waals surface area (Å²) < 4.78 is 4.08. The molecule has 0 saturated carbocycles. The van der Waals surface area contributed by atoms with Crippen LogP contribution < -0.4 is 5.73 Å². The van der Waals surface area contributed by atoms with Gasteiger partial charge in [0, 0.05) is 20.5 Å². The molecule has 2 amide bonds. The van der Waals surface area contributed by atoms with Gasteiger partial charge in [-0.15, -0.1) is 0 Å². The smallest absolute Gasteiger partial charge is 0.404 e. The van der Waals surface area contributed by atoms with Gasteiger partial charge in [-0.3, -0.25) is 9.59 Å². The number of ether oxygens (including phenoxy) is 1. The third kappa shape index (κ3) is 18.3. The first kappa shape index (κ1) is 20.2. The van der Waals surface area contributed by atoms with E-state index in [1.165, 1.54) is 11.0 Å². The molecule has 0 aromatic rings. The minimum absolute atomic E-state index is 0.0185. The Balaban J connectivity index is 0. The topological polar surface area (TPSA) is 130 Å². The van der Waals surface area contributed by atoms with Crippen LogP contribution in [0.2, 0.25) is 0 Å². The first-order valence-electron chi connectivity index (χ1n) is 5.94. The molecule has 0 heterocycles. The van der Waals surface area contributed by atoms with Crippen molar-refractivity contribution in [1.29, 1.82) is 0 Å². The molecule has 0 aliphatic carbocycles. The average molecular weight is 290 g/mol. The van der Waals surface area contributed by atoms with Crippen molar-refractivity contribution in [3.8, 4) is 0 Å². The second-order valence-electron chi connectivity index (χ2n) is 3.81. The molecule has 8 nitrogen and oxygen atoms in total. The molecule has 0 saturated heterocycles. The second-order valence-corrected chi connectivity index (χ2v) is 3.81. The second kappa shape index (κ2) is 13.3. The molecule has 0 radical (unpaired) electrons. The fourth-order valence-electron chi connectivity index (χ4n) is 0.851. The average Bonchev–Trinajstić information content (AvgIpc) is 2.35. The quantitative estimate of drug-likeness (QED) is 0.445. The Hall–Kier alpha value is -2.09. The number of aliphatic hydroxyl groups is 1. The normalized spacial score (nSPS) is 9.55. The van der Waals surface area contributed by atoms with E-state index in [0.717, 1.165) is 0 Å². The van der Waals surface area contributed by atoms with Crippen molar-refractivity contribution in [3.63, 3.8) is 0 Å². The number of aliphatic carboxylic acids is 1. The maximum absolute atomic E-state index is 11.0. The van der Waals surface area contributed by atoms with Gasteiger partial charge in [-0.05, 0) is 18.9 Å². The van der Waals surface area contributed by atoms with Gasteiger partial charge >= 0.3 is 12.1 Å². The van der Waals surface area contributed by atoms with E-state index < -0.39 is 12.1 Å². The molecule has 8 heteroatoms. The van der Waals surface area contributed by atoms with Crippen LogP contribution in [0.4, 0.5) is 4.79 Å². The molecule has 0 fully saturated rings. The number of rotatable bonds is 7. The van der Waals surface area contributed by atoms with Crippen molar-refractivity contribution < 1.29 is 29.3 Å². The lowest BCUT2D eigenvalue weighted by Crippen LogP contribution is -2.18. The number of aliphatic hydroxyl groups excluding tert-OH is 1. The molecule has 0 unspecified atom stereocenters. The third-order valence-corrected chi connectivity index (χ3v) is 1.80. The van der Waals surface area contributed by atoms with Gasteiger partial charge in [0.2, 0.25) is 5.91 Å². The van der Waals surface area contributed by atoms with Crippen molar-refractivity contribution >= 4 is 18.0 Å². The lowest BCUT2D eigenvalue weighted by Gasteiger charge is -2.04. The molecule has 0 aromatic heterocycles. The van der Waals surface area contributed by atoms with Gasteiger partial charge in [0.05, 0.1) is 6.61 Å². The number of carbonyl (C=O) groups is 3. The molecule has 0 rings (SSSR count). The molecule has 0 aliphatic heterocycles. The van der Waals surface area contributed by atoms with Crippen LogP contribution in [0.1, 0.15) is 19.3 Å². The molecule has 0 aliphatic rings. The number of primary amides is 1. The molecule has 4 N–H and O–H groups in total. The first-order valence-corrected chi connectivity index (χ1v) is 5.94. The van der Waals surface area contributed by atoms with Crippen molar-refractivity contribution in [2.24, 2.45) is 5.73 Å². The Bertz CT molecular complexity index is 328. The number of likely N-dealkylation sites (N-methyl/N-ethyl adjacent to an activating group) is 1. The van der Waals surface area contributed by atoms with Crippen LogP contribution in [0.5, 0.6) is 0 Å². The van der Waals surface area contributed by atoms with E-state index >= 15 is 0 Å². The number of carboxylic acid groups (broad SMARTS) is 1. The predicted octanol–water partition coefficient (Wildman–Crippen LogP) is -0.0403. The summed E-state index contributed by atoms with van der Waals surface area (Å²) in [7, 11) is 3.34. The first-order chi connectivity index (χ1) is 9.31. The van der Waals surface area contributed by atoms with Crippen LogP contribution in [0.25, 0.3) is 0 Å². The molecule has 0 aromatic carbocycles. The van der Waals surface area contributed by atoms with Crippen molar-refractivity contribution in [2.75, 3.05) is 27.3 Å². The number of nitrogens with zero attached hydrogens (tertiary/aromatic N) is 1. The number of nitrogens with two attached hydrogens (primary N) is 1. The van der Waals surface area contributed by atoms with Gasteiger partial charge in [-0.2, -0.15) is 0 Å². The summed E-state index contributed by atoms with van der Waals surface area (Å²) in [5.74, 6) is -0.873. The minimum atomic E-state index is -0.853. The molecule has 0 bridgehead atoms. The lowest BCUT2D eigenvalue weighted by atomic mass is 10.2. The fraction of sp³-hybridized carbons (Fsp3) is 0.583. The summed E-state index contributed by atoms with van der Waals surface area (Å²) >= 11 is 0. The highest BCUT2D eigenvalue weighted by Crippen LogP contribution is 1.96. The van der Waals surface area contributed by atoms with Crippen LogP contribution in [0.3, 0.4) is 0 Å². The van der Waals surface area contributed by atoms with Crippen molar-refractivity contribution in [1.82, 2.24) is 4.90 Å². The largest absolute Gasteiger partial charge is 0.481 e. The summed E-state index contributed by atoms with van der Waals surface area (Å²) in [5.41, 5.74) is 4.51. The monoisotopic (exact) mass is 290 g/mol. The SMILES string of the molecule is CN(C)C(=O)/C=C/CCCC(=O)O.NC(=O)OCCO. The van der Waals surface area contributed by atoms with Crippen molar-refractivity contribution in [3.05, 3.63) is 12.2 Å². The van der Waals surface area contributed by atoms with Crippen LogP contribution >= 0.6 is 0 Å². The van der Waals surface area contributed by atoms with E-state index in [-0.39, 0.29) is 25.5 Å². The molecule has 20 heavy (non-hydrogen) atoms. The molecular formula is C12H22N2O6. The van der Waals surface area contributed by atoms with Crippen LogP contribution in [0, 0.1) is 0 Å². The Kier molecular flexibility index (Phi) is 13.5. The van der Waals surface area contributed by atoms with E-state index in [1.54, 1.807) is 20.2 Å². The molecule has 116 valence electrons. The fourth-order valence-corrected chi connectivity index (χ4v) is 0.851. The summed E-state index contributed by atoms with van der Waals surface area (Å²) in [6, 6.07) is 0. The Morgan fingerprint density at radius 1 is 1.30 bits per heavy atom. The summed E-state index contributed by atoms with van der Waals surface area (Å²) in [6.07, 6.45) is 3.67. The maximum atomic E-state index is 11.0. The number of hydrogen-bond acceptors (Lipinski definition) is 5. The van der Waals surface area contributed by atoms with Crippen LogP contribution in [0.15, 0.2) is 12.2 Å². The van der Waals surface area contributed by atoms with Gasteiger partial charge in [0.1, 0.15) is 6.61 Å². The zero-order valence-corrected chi connectivity index (χ0v) is 11.7. The van der Waals surface area contributed by atoms with Gasteiger partial charge in [-0.25, -0.2) is 4.79 Å². The zero-order chi connectivity index (χ0) is 16.0. The van der Waals surface area contributed by atoms with Gasteiger partial charge in [0.25, 0.3) is 0 Å². The highest BCUT2D eigenvalue weighted by molar-refractivity contribution is 5.87. The van der Waals surface area contributed by atoms with E-state index in [0.29, 0.717) is 12.8 Å². The number of unbranched alkanes of at least 4 members (excludes halogenated alkanes) is 1. The Morgan fingerprint density at radius 2 is 1.90 bits per heavy atom. The number of allylic oxidation sites excluding steroid dienone is 1. The lowest BCUT2D eigenvalue weighted by molar-refractivity contribution is -0.137. The van der Waals surface area contributed by atoms with E-state index in [9.17, 15) is 14.4 Å². The van der Waals surface area contributed by atoms with Gasteiger partial charge in [0.15, 0.2) is 0 Å². The summed E-state index contributed by atoms with van der Waals surface area (Å²) in [6.45, 7) is -0.196. The van der Waals surface area contributed by atoms with Crippen LogP contribution in [-0.2, 0) is 14.3 Å². The standard InChI is InChI=1S/C9H15NO3.C3H7NO3/c1-10(2)8(11)6-4-3-5-7-9(12)13;4-3(6)7-2-1-5/h4,6H,3,5,7H2,1-2H3,(H,12,13);5H,1-2H2,(H2,4,6)/b6-4+;. The Labute approximate surface area is 117 Å². The maximum Gasteiger partial charge on any atom is 0.404 e. The molecular weight excluding hydrogens is 268 g/mol. The molecule has 0 spiro atoms. The third-order valence-electron chi connectivity index (χ3n) is 1.80. The van der Waals surface area contributed by atoms with Gasteiger partial charge in [-0.1, -0.05) is 6.08 Å². The molecule has 0 atom stereocenters. The van der Waals surface area contributed by atoms with E-state index in [4.69, 9.17) is 10.2 Å². The zero-order valence-electron chi connectivity index (χ0n) is 11.7. The number of carboxylic acids is 1. The van der Waals surface area contributed by atoms with Gasteiger partial charge < -0.3 is 25.6 Å². The van der Waals surface area contributed by atoms with E-state index in [1.807, 2.05) is 0 Å². The predicted molar refractivity (Wildman–Crippen MR) is 71.9 cm³/mol. The van der Waals surface area contributed by atoms with E-state index in [2.05, 4.69) is 10.5 Å². The number of hydrogen-bond donors (Lipinski definition) is 3. The number of amides is 2.